The van der Waals surface area contributed by atoms with Crippen LogP contribution in [0.2, 0.25) is 0 Å². The van der Waals surface area contributed by atoms with Crippen LogP contribution in [0.15, 0.2) is 24.5 Å². The molecule has 3 nitrogen and oxygen atoms in total. The van der Waals surface area contributed by atoms with Crippen molar-refractivity contribution >= 4 is 5.69 Å². The molecule has 1 aromatic heterocycles. The fraction of sp³-hybridized carbons (Fsp3) is 0.545. The molecule has 0 aromatic carbocycles. The number of nitrogens with zero attached hydrogens (tertiary/aromatic N) is 3. The number of rotatable bonds is 4. The van der Waals surface area contributed by atoms with Crippen LogP contribution in [0.5, 0.6) is 0 Å². The number of likely N-dealkylation sites (N-methyl/N-ethyl adjacent to an activating group) is 2. The summed E-state index contributed by atoms with van der Waals surface area (Å²) < 4.78 is 0.995. The standard InChI is InChI=1S/C11H20N3/c1-13(9-10-14(2,3)4)11-5-7-12-8-6-11/h5-8H,9-10H2,1-4H3/q+1. The predicted octanol–water partition coefficient (Wildman–Crippen LogP) is 1.22. The lowest BCUT2D eigenvalue weighted by Gasteiger charge is -2.27. The van der Waals surface area contributed by atoms with Crippen molar-refractivity contribution in [2.75, 3.05) is 46.2 Å². The molecule has 0 aliphatic rings. The summed E-state index contributed by atoms with van der Waals surface area (Å²) in [4.78, 5) is 6.26. The van der Waals surface area contributed by atoms with Crippen molar-refractivity contribution in [3.63, 3.8) is 0 Å². The topological polar surface area (TPSA) is 16.1 Å². The molecule has 0 saturated carbocycles. The smallest absolute Gasteiger partial charge is 0.0958 e. The Kier molecular flexibility index (Phi) is 3.47. The van der Waals surface area contributed by atoms with Gasteiger partial charge in [-0.05, 0) is 12.1 Å². The molecule has 1 heterocycles. The zero-order valence-corrected chi connectivity index (χ0v) is 9.57. The third-order valence-electron chi connectivity index (χ3n) is 2.21. The van der Waals surface area contributed by atoms with E-state index >= 15 is 0 Å². The van der Waals surface area contributed by atoms with E-state index in [1.165, 1.54) is 5.69 Å². The number of hydrogen-bond donors (Lipinski definition) is 0. The van der Waals surface area contributed by atoms with E-state index in [0.717, 1.165) is 17.6 Å². The van der Waals surface area contributed by atoms with Gasteiger partial charge in [-0.15, -0.1) is 0 Å². The Morgan fingerprint density at radius 3 is 2.29 bits per heavy atom. The summed E-state index contributed by atoms with van der Waals surface area (Å²) in [6.45, 7) is 2.20. The summed E-state index contributed by atoms with van der Waals surface area (Å²) in [6, 6.07) is 4.07. The maximum Gasteiger partial charge on any atom is 0.0958 e. The summed E-state index contributed by atoms with van der Waals surface area (Å²) in [5.74, 6) is 0. The van der Waals surface area contributed by atoms with Crippen LogP contribution in [0.4, 0.5) is 5.69 Å². The van der Waals surface area contributed by atoms with Gasteiger partial charge in [0.25, 0.3) is 0 Å². The summed E-state index contributed by atoms with van der Waals surface area (Å²) in [5.41, 5.74) is 1.23. The molecule has 0 aliphatic carbocycles. The van der Waals surface area contributed by atoms with Crippen molar-refractivity contribution in [2.45, 2.75) is 0 Å². The van der Waals surface area contributed by atoms with Gasteiger partial charge >= 0.3 is 0 Å². The van der Waals surface area contributed by atoms with Gasteiger partial charge in [0.15, 0.2) is 0 Å². The van der Waals surface area contributed by atoms with Gasteiger partial charge in [-0.3, -0.25) is 4.98 Å². The number of hydrogen-bond acceptors (Lipinski definition) is 2. The van der Waals surface area contributed by atoms with Gasteiger partial charge in [0.1, 0.15) is 0 Å². The molecule has 0 bridgehead atoms. The van der Waals surface area contributed by atoms with Crippen molar-refractivity contribution < 1.29 is 4.48 Å². The summed E-state index contributed by atoms with van der Waals surface area (Å²) in [7, 11) is 8.74. The minimum atomic E-state index is 0.995. The summed E-state index contributed by atoms with van der Waals surface area (Å²) >= 11 is 0. The minimum Gasteiger partial charge on any atom is -0.369 e. The highest BCUT2D eigenvalue weighted by atomic mass is 15.3. The van der Waals surface area contributed by atoms with Gasteiger partial charge in [0, 0.05) is 25.1 Å². The van der Waals surface area contributed by atoms with E-state index in [0.29, 0.717) is 0 Å². The molecule has 0 spiro atoms. The van der Waals surface area contributed by atoms with E-state index in [9.17, 15) is 0 Å². The van der Waals surface area contributed by atoms with Gasteiger partial charge in [0.05, 0.1) is 34.2 Å². The van der Waals surface area contributed by atoms with Crippen LogP contribution in [0.1, 0.15) is 0 Å². The largest absolute Gasteiger partial charge is 0.369 e. The van der Waals surface area contributed by atoms with Gasteiger partial charge in [-0.1, -0.05) is 0 Å². The normalized spacial score (nSPS) is 11.4. The lowest BCUT2D eigenvalue weighted by Crippen LogP contribution is -2.41. The molecule has 0 unspecified atom stereocenters. The van der Waals surface area contributed by atoms with Crippen molar-refractivity contribution in [1.29, 1.82) is 0 Å². The van der Waals surface area contributed by atoms with Gasteiger partial charge < -0.3 is 9.38 Å². The molecule has 0 fully saturated rings. The van der Waals surface area contributed by atoms with Crippen LogP contribution in [-0.4, -0.2) is 50.7 Å². The Bertz CT molecular complexity index is 264. The van der Waals surface area contributed by atoms with Crippen molar-refractivity contribution in [3.8, 4) is 0 Å². The molecule has 0 saturated heterocycles. The lowest BCUT2D eigenvalue weighted by atomic mass is 10.3. The molecule has 14 heavy (non-hydrogen) atoms. The van der Waals surface area contributed by atoms with E-state index in [-0.39, 0.29) is 0 Å². The maximum absolute atomic E-state index is 4.01. The van der Waals surface area contributed by atoms with Crippen LogP contribution in [-0.2, 0) is 0 Å². The Balaban J connectivity index is 2.48. The lowest BCUT2D eigenvalue weighted by molar-refractivity contribution is -0.868. The SMILES string of the molecule is CN(CC[N+](C)(C)C)c1ccncc1. The van der Waals surface area contributed by atoms with Crippen molar-refractivity contribution in [1.82, 2.24) is 4.98 Å². The highest BCUT2D eigenvalue weighted by Crippen LogP contribution is 2.09. The second-order valence-electron chi connectivity index (χ2n) is 4.64. The Morgan fingerprint density at radius 2 is 1.79 bits per heavy atom. The van der Waals surface area contributed by atoms with Gasteiger partial charge in [0.2, 0.25) is 0 Å². The third-order valence-corrected chi connectivity index (χ3v) is 2.21. The number of aromatic nitrogens is 1. The first-order valence-electron chi connectivity index (χ1n) is 4.91. The molecule has 3 heteroatoms. The molecule has 1 rings (SSSR count). The molecule has 0 atom stereocenters. The first-order valence-corrected chi connectivity index (χ1v) is 4.91. The van der Waals surface area contributed by atoms with E-state index in [2.05, 4.69) is 38.1 Å². The summed E-state index contributed by atoms with van der Waals surface area (Å²) in [5, 5.41) is 0. The molecule has 0 amide bonds. The zero-order valence-electron chi connectivity index (χ0n) is 9.57. The summed E-state index contributed by atoms with van der Waals surface area (Å²) in [6.07, 6.45) is 3.66. The number of anilines is 1. The Hall–Kier alpha value is -1.09. The highest BCUT2D eigenvalue weighted by Gasteiger charge is 2.08. The van der Waals surface area contributed by atoms with Gasteiger partial charge in [-0.2, -0.15) is 0 Å². The van der Waals surface area contributed by atoms with E-state index in [1.54, 1.807) is 0 Å². The molecule has 78 valence electrons. The monoisotopic (exact) mass is 194 g/mol. The quantitative estimate of drug-likeness (QED) is 0.670. The van der Waals surface area contributed by atoms with Crippen LogP contribution < -0.4 is 4.90 Å². The Labute approximate surface area is 86.6 Å². The fourth-order valence-electron chi connectivity index (χ4n) is 1.18. The van der Waals surface area contributed by atoms with Gasteiger partial charge in [-0.25, -0.2) is 0 Å². The van der Waals surface area contributed by atoms with Crippen molar-refractivity contribution in [3.05, 3.63) is 24.5 Å². The average molecular weight is 194 g/mol. The highest BCUT2D eigenvalue weighted by molar-refractivity contribution is 5.43. The molecule has 0 aliphatic heterocycles. The zero-order chi connectivity index (χ0) is 10.6. The van der Waals surface area contributed by atoms with Crippen LogP contribution in [0.3, 0.4) is 0 Å². The first kappa shape index (κ1) is 11.0. The second kappa shape index (κ2) is 4.42. The van der Waals surface area contributed by atoms with E-state index in [4.69, 9.17) is 0 Å². The fourth-order valence-corrected chi connectivity index (χ4v) is 1.18. The molecular weight excluding hydrogens is 174 g/mol. The first-order chi connectivity index (χ1) is 6.49. The van der Waals surface area contributed by atoms with Crippen LogP contribution >= 0.6 is 0 Å². The van der Waals surface area contributed by atoms with Crippen LogP contribution in [0, 0.1) is 0 Å². The second-order valence-corrected chi connectivity index (χ2v) is 4.64. The number of pyridine rings is 1. The van der Waals surface area contributed by atoms with E-state index in [1.807, 2.05) is 24.5 Å². The molecular formula is C11H20N3+. The predicted molar refractivity (Wildman–Crippen MR) is 60.4 cm³/mol. The maximum atomic E-state index is 4.01. The molecule has 1 aromatic rings. The third kappa shape index (κ3) is 3.75. The van der Waals surface area contributed by atoms with Crippen LogP contribution in [0.25, 0.3) is 0 Å². The van der Waals surface area contributed by atoms with E-state index < -0.39 is 0 Å². The molecule has 0 N–H and O–H groups in total. The average Bonchev–Trinajstić information content (AvgIpc) is 2.14. The molecule has 0 radical (unpaired) electrons. The van der Waals surface area contributed by atoms with Crippen molar-refractivity contribution in [2.24, 2.45) is 0 Å². The minimum absolute atomic E-state index is 0.995. The number of quaternary nitrogens is 1. The Morgan fingerprint density at radius 1 is 1.21 bits per heavy atom.